The molecule has 1 aromatic heterocycles. The van der Waals surface area contributed by atoms with Crippen molar-refractivity contribution in [2.75, 3.05) is 32.8 Å². The van der Waals surface area contributed by atoms with Gasteiger partial charge in [-0.25, -0.2) is 4.68 Å². The Hall–Kier alpha value is -1.47. The summed E-state index contributed by atoms with van der Waals surface area (Å²) in [5.41, 5.74) is 0.439. The van der Waals surface area contributed by atoms with E-state index < -0.39 is 0 Å². The van der Waals surface area contributed by atoms with Gasteiger partial charge in [-0.3, -0.25) is 4.79 Å². The Labute approximate surface area is 118 Å². The number of carbonyl (C=O) groups is 1. The lowest BCUT2D eigenvalue weighted by molar-refractivity contribution is 0.00702. The number of nitrogens with zero attached hydrogens (tertiary/aromatic N) is 4. The van der Waals surface area contributed by atoms with Gasteiger partial charge in [-0.15, -0.1) is 5.10 Å². The monoisotopic (exact) mass is 279 g/mol. The SMILES string of the molecule is CCOC1CCCN(C(=O)c2cn(C3CNC3)nn2)C1. The van der Waals surface area contributed by atoms with Crippen molar-refractivity contribution in [1.82, 2.24) is 25.2 Å². The van der Waals surface area contributed by atoms with Crippen LogP contribution in [0.25, 0.3) is 0 Å². The fourth-order valence-corrected chi connectivity index (χ4v) is 2.67. The number of ether oxygens (including phenoxy) is 1. The number of carbonyl (C=O) groups excluding carboxylic acids is 1. The fourth-order valence-electron chi connectivity index (χ4n) is 2.67. The highest BCUT2D eigenvalue weighted by atomic mass is 16.5. The van der Waals surface area contributed by atoms with E-state index in [1.165, 1.54) is 0 Å². The predicted octanol–water partition coefficient (Wildman–Crippen LogP) is 0.0635. The van der Waals surface area contributed by atoms with Gasteiger partial charge in [-0.2, -0.15) is 0 Å². The van der Waals surface area contributed by atoms with Crippen molar-refractivity contribution >= 4 is 5.91 Å². The smallest absolute Gasteiger partial charge is 0.276 e. The molecule has 3 rings (SSSR count). The third kappa shape index (κ3) is 2.69. The van der Waals surface area contributed by atoms with E-state index in [-0.39, 0.29) is 12.0 Å². The number of aromatic nitrogens is 3. The standard InChI is InChI=1S/C13H21N5O2/c1-2-20-11-4-3-5-17(8-11)13(19)12-9-18(16-15-12)10-6-14-7-10/h9-11,14H,2-8H2,1H3. The summed E-state index contributed by atoms with van der Waals surface area (Å²) < 4.78 is 7.41. The summed E-state index contributed by atoms with van der Waals surface area (Å²) in [5, 5.41) is 11.3. The van der Waals surface area contributed by atoms with E-state index in [9.17, 15) is 4.79 Å². The largest absolute Gasteiger partial charge is 0.377 e. The second kappa shape index (κ2) is 5.88. The Morgan fingerprint density at radius 1 is 1.55 bits per heavy atom. The molecule has 20 heavy (non-hydrogen) atoms. The Bertz CT molecular complexity index is 469. The molecule has 1 amide bonds. The summed E-state index contributed by atoms with van der Waals surface area (Å²) in [7, 11) is 0. The molecule has 2 fully saturated rings. The Morgan fingerprint density at radius 3 is 3.10 bits per heavy atom. The minimum Gasteiger partial charge on any atom is -0.377 e. The first kappa shape index (κ1) is 13.5. The van der Waals surface area contributed by atoms with Crippen LogP contribution in [0.4, 0.5) is 0 Å². The molecule has 1 aromatic rings. The number of hydrogen-bond acceptors (Lipinski definition) is 5. The number of piperidine rings is 1. The highest BCUT2D eigenvalue weighted by Crippen LogP contribution is 2.16. The van der Waals surface area contributed by atoms with Gasteiger partial charge in [0.25, 0.3) is 5.91 Å². The topological polar surface area (TPSA) is 72.3 Å². The maximum Gasteiger partial charge on any atom is 0.276 e. The first-order valence-electron chi connectivity index (χ1n) is 7.31. The average molecular weight is 279 g/mol. The number of nitrogens with one attached hydrogen (secondary N) is 1. The van der Waals surface area contributed by atoms with Gasteiger partial charge in [0.05, 0.1) is 18.3 Å². The summed E-state index contributed by atoms with van der Waals surface area (Å²) >= 11 is 0. The number of likely N-dealkylation sites (tertiary alicyclic amines) is 1. The van der Waals surface area contributed by atoms with E-state index in [4.69, 9.17) is 4.74 Å². The molecule has 0 spiro atoms. The minimum atomic E-state index is -0.0343. The third-order valence-corrected chi connectivity index (χ3v) is 3.93. The Balaban J connectivity index is 1.63. The molecule has 1 atom stereocenters. The molecular weight excluding hydrogens is 258 g/mol. The molecule has 0 aromatic carbocycles. The Morgan fingerprint density at radius 2 is 2.40 bits per heavy atom. The summed E-state index contributed by atoms with van der Waals surface area (Å²) in [6.45, 7) is 5.90. The molecule has 0 saturated carbocycles. The lowest BCUT2D eigenvalue weighted by atomic mass is 10.1. The molecule has 0 bridgehead atoms. The van der Waals surface area contributed by atoms with Crippen LogP contribution in [0.1, 0.15) is 36.3 Å². The molecular formula is C13H21N5O2. The highest BCUT2D eigenvalue weighted by Gasteiger charge is 2.27. The first-order valence-corrected chi connectivity index (χ1v) is 7.31. The second-order valence-electron chi connectivity index (χ2n) is 5.37. The summed E-state index contributed by atoms with van der Waals surface area (Å²) in [5.74, 6) is -0.0343. The molecule has 110 valence electrons. The maximum absolute atomic E-state index is 12.4. The number of rotatable bonds is 4. The molecule has 7 nitrogen and oxygen atoms in total. The van der Waals surface area contributed by atoms with Crippen LogP contribution >= 0.6 is 0 Å². The second-order valence-corrected chi connectivity index (χ2v) is 5.37. The zero-order chi connectivity index (χ0) is 13.9. The van der Waals surface area contributed by atoms with E-state index in [1.807, 2.05) is 11.8 Å². The zero-order valence-corrected chi connectivity index (χ0v) is 11.8. The highest BCUT2D eigenvalue weighted by molar-refractivity contribution is 5.92. The number of amides is 1. The van der Waals surface area contributed by atoms with Crippen molar-refractivity contribution in [3.05, 3.63) is 11.9 Å². The molecule has 3 heterocycles. The van der Waals surface area contributed by atoms with Crippen LogP contribution < -0.4 is 5.32 Å². The third-order valence-electron chi connectivity index (χ3n) is 3.93. The van der Waals surface area contributed by atoms with Crippen LogP contribution in [-0.4, -0.2) is 64.7 Å². The van der Waals surface area contributed by atoms with Crippen molar-refractivity contribution < 1.29 is 9.53 Å². The van der Waals surface area contributed by atoms with E-state index in [2.05, 4.69) is 15.6 Å². The predicted molar refractivity (Wildman–Crippen MR) is 72.5 cm³/mol. The van der Waals surface area contributed by atoms with Crippen molar-refractivity contribution in [1.29, 1.82) is 0 Å². The zero-order valence-electron chi connectivity index (χ0n) is 11.8. The Kier molecular flexibility index (Phi) is 3.98. The van der Waals surface area contributed by atoms with Crippen molar-refractivity contribution in [2.24, 2.45) is 0 Å². The lowest BCUT2D eigenvalue weighted by Gasteiger charge is -2.32. The minimum absolute atomic E-state index is 0.0343. The van der Waals surface area contributed by atoms with Crippen molar-refractivity contribution in [3.8, 4) is 0 Å². The van der Waals surface area contributed by atoms with Gasteiger partial charge >= 0.3 is 0 Å². The van der Waals surface area contributed by atoms with Crippen molar-refractivity contribution in [3.63, 3.8) is 0 Å². The maximum atomic E-state index is 12.4. The van der Waals surface area contributed by atoms with E-state index >= 15 is 0 Å². The number of hydrogen-bond donors (Lipinski definition) is 1. The molecule has 2 aliphatic heterocycles. The van der Waals surface area contributed by atoms with Gasteiger partial charge in [-0.1, -0.05) is 5.21 Å². The summed E-state index contributed by atoms with van der Waals surface area (Å²) in [4.78, 5) is 14.3. The van der Waals surface area contributed by atoms with Gasteiger partial charge in [-0.05, 0) is 19.8 Å². The fraction of sp³-hybridized carbons (Fsp3) is 0.769. The van der Waals surface area contributed by atoms with Crippen LogP contribution in [0, 0.1) is 0 Å². The van der Waals surface area contributed by atoms with E-state index in [1.54, 1.807) is 10.9 Å². The van der Waals surface area contributed by atoms with E-state index in [0.29, 0.717) is 24.9 Å². The van der Waals surface area contributed by atoms with Gasteiger partial charge in [0, 0.05) is 32.8 Å². The van der Waals surface area contributed by atoms with Gasteiger partial charge in [0.1, 0.15) is 0 Å². The van der Waals surface area contributed by atoms with Gasteiger partial charge < -0.3 is 15.0 Å². The average Bonchev–Trinajstić information content (AvgIpc) is 2.86. The molecule has 2 saturated heterocycles. The summed E-state index contributed by atoms with van der Waals surface area (Å²) in [6.07, 6.45) is 3.93. The van der Waals surface area contributed by atoms with Crippen LogP contribution in [0.3, 0.4) is 0 Å². The molecule has 1 unspecified atom stereocenters. The van der Waals surface area contributed by atoms with Gasteiger partial charge in [0.15, 0.2) is 5.69 Å². The normalized spacial score (nSPS) is 23.6. The van der Waals surface area contributed by atoms with Crippen LogP contribution in [0.2, 0.25) is 0 Å². The first-order chi connectivity index (χ1) is 9.78. The molecule has 0 radical (unpaired) electrons. The quantitative estimate of drug-likeness (QED) is 0.844. The molecule has 0 aliphatic carbocycles. The van der Waals surface area contributed by atoms with Crippen LogP contribution in [0.15, 0.2) is 6.20 Å². The van der Waals surface area contributed by atoms with E-state index in [0.717, 1.165) is 32.5 Å². The summed E-state index contributed by atoms with van der Waals surface area (Å²) in [6, 6.07) is 0.335. The van der Waals surface area contributed by atoms with Crippen LogP contribution in [0.5, 0.6) is 0 Å². The molecule has 1 N–H and O–H groups in total. The molecule has 7 heteroatoms. The van der Waals surface area contributed by atoms with Crippen LogP contribution in [-0.2, 0) is 4.74 Å². The lowest BCUT2D eigenvalue weighted by Crippen LogP contribution is -2.44. The van der Waals surface area contributed by atoms with Gasteiger partial charge in [0.2, 0.25) is 0 Å². The molecule has 2 aliphatic rings. The van der Waals surface area contributed by atoms with Crippen molar-refractivity contribution in [2.45, 2.75) is 31.9 Å².